The first-order valence-corrected chi connectivity index (χ1v) is 5.67. The number of amides is 1. The van der Waals surface area contributed by atoms with Gasteiger partial charge >= 0.3 is 0 Å². The van der Waals surface area contributed by atoms with E-state index >= 15 is 0 Å². The SMILES string of the molecule is CNC(=O)c1csc(Nc2ccccc2)n1. The number of rotatable bonds is 3. The average molecular weight is 233 g/mol. The van der Waals surface area contributed by atoms with Gasteiger partial charge < -0.3 is 10.6 Å². The normalized spacial score (nSPS) is 9.81. The largest absolute Gasteiger partial charge is 0.354 e. The Morgan fingerprint density at radius 2 is 2.06 bits per heavy atom. The van der Waals surface area contributed by atoms with Gasteiger partial charge in [0.15, 0.2) is 5.13 Å². The lowest BCUT2D eigenvalue weighted by Crippen LogP contribution is -2.17. The van der Waals surface area contributed by atoms with Gasteiger partial charge in [0.05, 0.1) is 0 Å². The van der Waals surface area contributed by atoms with Crippen LogP contribution in [0.15, 0.2) is 35.7 Å². The van der Waals surface area contributed by atoms with Gasteiger partial charge in [0.1, 0.15) is 5.69 Å². The topological polar surface area (TPSA) is 54.0 Å². The second kappa shape index (κ2) is 4.76. The van der Waals surface area contributed by atoms with Crippen LogP contribution in [0.1, 0.15) is 10.5 Å². The maximum absolute atomic E-state index is 11.3. The van der Waals surface area contributed by atoms with Crippen LogP contribution in [-0.4, -0.2) is 17.9 Å². The van der Waals surface area contributed by atoms with Crippen molar-refractivity contribution in [3.63, 3.8) is 0 Å². The highest BCUT2D eigenvalue weighted by atomic mass is 32.1. The Balaban J connectivity index is 2.12. The summed E-state index contributed by atoms with van der Waals surface area (Å²) >= 11 is 1.41. The summed E-state index contributed by atoms with van der Waals surface area (Å²) in [5.74, 6) is -0.169. The number of para-hydroxylation sites is 1. The number of thiazole rings is 1. The minimum absolute atomic E-state index is 0.169. The minimum atomic E-state index is -0.169. The van der Waals surface area contributed by atoms with Gasteiger partial charge in [-0.1, -0.05) is 18.2 Å². The molecule has 16 heavy (non-hydrogen) atoms. The Morgan fingerprint density at radius 3 is 2.75 bits per heavy atom. The third-order valence-electron chi connectivity index (χ3n) is 1.99. The van der Waals surface area contributed by atoms with E-state index in [4.69, 9.17) is 0 Å². The molecule has 5 heteroatoms. The highest BCUT2D eigenvalue weighted by Gasteiger charge is 2.08. The van der Waals surface area contributed by atoms with Crippen molar-refractivity contribution < 1.29 is 4.79 Å². The van der Waals surface area contributed by atoms with Gasteiger partial charge in [-0.05, 0) is 12.1 Å². The van der Waals surface area contributed by atoms with Crippen LogP contribution in [0.3, 0.4) is 0 Å². The van der Waals surface area contributed by atoms with Gasteiger partial charge in [0.2, 0.25) is 0 Å². The van der Waals surface area contributed by atoms with Crippen LogP contribution < -0.4 is 10.6 Å². The number of aromatic nitrogens is 1. The zero-order valence-corrected chi connectivity index (χ0v) is 9.54. The van der Waals surface area contributed by atoms with Crippen LogP contribution >= 0.6 is 11.3 Å². The Kier molecular flexibility index (Phi) is 3.16. The Bertz CT molecular complexity index is 481. The number of benzene rings is 1. The fourth-order valence-corrected chi connectivity index (χ4v) is 1.92. The van der Waals surface area contributed by atoms with Crippen LogP contribution in [0.25, 0.3) is 0 Å². The fraction of sp³-hybridized carbons (Fsp3) is 0.0909. The van der Waals surface area contributed by atoms with Gasteiger partial charge in [0.25, 0.3) is 5.91 Å². The number of nitrogens with one attached hydrogen (secondary N) is 2. The molecule has 0 saturated carbocycles. The van der Waals surface area contributed by atoms with E-state index in [0.717, 1.165) is 5.69 Å². The van der Waals surface area contributed by atoms with E-state index < -0.39 is 0 Å². The number of hydrogen-bond donors (Lipinski definition) is 2. The van der Waals surface area contributed by atoms with Gasteiger partial charge in [-0.3, -0.25) is 4.79 Å². The number of anilines is 2. The molecule has 4 nitrogen and oxygen atoms in total. The Morgan fingerprint density at radius 1 is 1.31 bits per heavy atom. The molecule has 2 aromatic rings. The molecule has 0 radical (unpaired) electrons. The van der Waals surface area contributed by atoms with Crippen molar-refractivity contribution in [2.75, 3.05) is 12.4 Å². The molecule has 1 aromatic heterocycles. The predicted molar refractivity (Wildman–Crippen MR) is 65.2 cm³/mol. The van der Waals surface area contributed by atoms with Gasteiger partial charge in [-0.15, -0.1) is 11.3 Å². The molecule has 0 unspecified atom stereocenters. The molecule has 1 amide bonds. The van der Waals surface area contributed by atoms with Crippen molar-refractivity contribution in [2.24, 2.45) is 0 Å². The molecule has 1 aromatic carbocycles. The molecule has 0 atom stereocenters. The second-order valence-corrected chi connectivity index (χ2v) is 3.97. The van der Waals surface area contributed by atoms with E-state index in [1.165, 1.54) is 11.3 Å². The van der Waals surface area contributed by atoms with Crippen molar-refractivity contribution in [1.29, 1.82) is 0 Å². The van der Waals surface area contributed by atoms with Crippen molar-refractivity contribution in [3.8, 4) is 0 Å². The number of nitrogens with zero attached hydrogens (tertiary/aromatic N) is 1. The van der Waals surface area contributed by atoms with E-state index in [9.17, 15) is 4.79 Å². The molecule has 0 aliphatic carbocycles. The van der Waals surface area contributed by atoms with Gasteiger partial charge in [-0.25, -0.2) is 4.98 Å². The summed E-state index contributed by atoms with van der Waals surface area (Å²) < 4.78 is 0. The first-order valence-electron chi connectivity index (χ1n) is 4.79. The summed E-state index contributed by atoms with van der Waals surface area (Å²) in [4.78, 5) is 15.5. The number of hydrogen-bond acceptors (Lipinski definition) is 4. The smallest absolute Gasteiger partial charge is 0.270 e. The Labute approximate surface area is 97.3 Å². The highest BCUT2D eigenvalue weighted by Crippen LogP contribution is 2.20. The molecule has 1 heterocycles. The molecule has 0 fully saturated rings. The summed E-state index contributed by atoms with van der Waals surface area (Å²) in [5.41, 5.74) is 1.39. The third kappa shape index (κ3) is 2.38. The molecule has 0 aliphatic rings. The highest BCUT2D eigenvalue weighted by molar-refractivity contribution is 7.14. The molecule has 2 rings (SSSR count). The standard InChI is InChI=1S/C11H11N3OS/c1-12-10(15)9-7-16-11(14-9)13-8-5-3-2-4-6-8/h2-7H,1H3,(H,12,15)(H,13,14). The predicted octanol–water partition coefficient (Wildman–Crippen LogP) is 2.25. The lowest BCUT2D eigenvalue weighted by atomic mass is 10.3. The van der Waals surface area contributed by atoms with Gasteiger partial charge in [-0.2, -0.15) is 0 Å². The fourth-order valence-electron chi connectivity index (χ4n) is 1.21. The molecular weight excluding hydrogens is 222 g/mol. The van der Waals surface area contributed by atoms with Crippen molar-refractivity contribution in [1.82, 2.24) is 10.3 Å². The lowest BCUT2D eigenvalue weighted by molar-refractivity contribution is 0.0959. The zero-order chi connectivity index (χ0) is 11.4. The molecule has 2 N–H and O–H groups in total. The maximum atomic E-state index is 11.3. The first-order chi connectivity index (χ1) is 7.79. The maximum Gasteiger partial charge on any atom is 0.270 e. The molecule has 82 valence electrons. The van der Waals surface area contributed by atoms with Gasteiger partial charge in [0, 0.05) is 18.1 Å². The quantitative estimate of drug-likeness (QED) is 0.855. The molecule has 0 saturated heterocycles. The van der Waals surface area contributed by atoms with E-state index in [1.807, 2.05) is 30.3 Å². The van der Waals surface area contributed by atoms with E-state index in [-0.39, 0.29) is 5.91 Å². The molecule has 0 spiro atoms. The molecule has 0 aliphatic heterocycles. The van der Waals surface area contributed by atoms with Crippen LogP contribution in [0.5, 0.6) is 0 Å². The minimum Gasteiger partial charge on any atom is -0.354 e. The lowest BCUT2D eigenvalue weighted by Gasteiger charge is -2.00. The van der Waals surface area contributed by atoms with E-state index in [2.05, 4.69) is 15.6 Å². The number of carbonyl (C=O) groups excluding carboxylic acids is 1. The summed E-state index contributed by atoms with van der Waals surface area (Å²) in [6, 6.07) is 9.72. The summed E-state index contributed by atoms with van der Waals surface area (Å²) in [6.45, 7) is 0. The van der Waals surface area contributed by atoms with Crippen LogP contribution in [0.2, 0.25) is 0 Å². The van der Waals surface area contributed by atoms with Crippen LogP contribution in [0, 0.1) is 0 Å². The third-order valence-corrected chi connectivity index (χ3v) is 2.75. The second-order valence-electron chi connectivity index (χ2n) is 3.11. The molecular formula is C11H11N3OS. The van der Waals surface area contributed by atoms with Crippen LogP contribution in [0.4, 0.5) is 10.8 Å². The van der Waals surface area contributed by atoms with Crippen LogP contribution in [-0.2, 0) is 0 Å². The summed E-state index contributed by atoms with van der Waals surface area (Å²) in [5, 5.41) is 8.11. The van der Waals surface area contributed by atoms with Crippen molar-refractivity contribution in [3.05, 3.63) is 41.4 Å². The van der Waals surface area contributed by atoms with E-state index in [0.29, 0.717) is 10.8 Å². The summed E-state index contributed by atoms with van der Waals surface area (Å²) in [7, 11) is 1.59. The molecule has 0 bridgehead atoms. The van der Waals surface area contributed by atoms with Crippen molar-refractivity contribution >= 4 is 28.1 Å². The monoisotopic (exact) mass is 233 g/mol. The van der Waals surface area contributed by atoms with E-state index in [1.54, 1.807) is 12.4 Å². The first kappa shape index (κ1) is 10.6. The average Bonchev–Trinajstić information content (AvgIpc) is 2.78. The number of carbonyl (C=O) groups is 1. The Hall–Kier alpha value is -1.88. The zero-order valence-electron chi connectivity index (χ0n) is 8.73. The summed E-state index contributed by atoms with van der Waals surface area (Å²) in [6.07, 6.45) is 0. The van der Waals surface area contributed by atoms with Crippen molar-refractivity contribution in [2.45, 2.75) is 0 Å².